The number of nitrogens with one attached hydrogen (secondary N) is 3. The number of carbonyl (C=O) groups is 5. The van der Waals surface area contributed by atoms with Gasteiger partial charge in [0.2, 0.25) is 23.6 Å². The lowest BCUT2D eigenvalue weighted by atomic mass is 9.96. The number of guanidine groups is 1. The predicted octanol–water partition coefficient (Wildman–Crippen LogP) is -2.52. The van der Waals surface area contributed by atoms with Gasteiger partial charge in [0, 0.05) is 6.54 Å². The zero-order valence-electron chi connectivity index (χ0n) is 20.7. The summed E-state index contributed by atoms with van der Waals surface area (Å²) < 4.78 is 0. The summed E-state index contributed by atoms with van der Waals surface area (Å²) in [6.45, 7) is 7.20. The van der Waals surface area contributed by atoms with E-state index in [2.05, 4.69) is 20.9 Å². The molecule has 0 bridgehead atoms. The third-order valence-corrected chi connectivity index (χ3v) is 5.41. The second kappa shape index (κ2) is 15.5. The Kier molecular flexibility index (Phi) is 14.0. The quantitative estimate of drug-likeness (QED) is 0.0631. The normalized spacial score (nSPS) is 15.1. The van der Waals surface area contributed by atoms with Crippen molar-refractivity contribution < 1.29 is 29.1 Å². The minimum atomic E-state index is -1.46. The molecule has 0 aliphatic rings. The van der Waals surface area contributed by atoms with E-state index in [1.807, 2.05) is 6.92 Å². The summed E-state index contributed by atoms with van der Waals surface area (Å²) in [5.41, 5.74) is 21.5. The molecule has 5 atom stereocenters. The molecule has 12 N–H and O–H groups in total. The average Bonchev–Trinajstić information content (AvgIpc) is 2.76. The third kappa shape index (κ3) is 12.0. The number of hydrogen-bond donors (Lipinski definition) is 8. The van der Waals surface area contributed by atoms with E-state index in [-0.39, 0.29) is 37.2 Å². The monoisotopic (exact) mass is 500 g/mol. The molecule has 0 rings (SSSR count). The summed E-state index contributed by atoms with van der Waals surface area (Å²) in [6.07, 6.45) is 0.178. The largest absolute Gasteiger partial charge is 0.480 e. The lowest BCUT2D eigenvalue weighted by Crippen LogP contribution is -2.59. The highest BCUT2D eigenvalue weighted by Crippen LogP contribution is 2.11. The SMILES string of the molecule is CCC(C)C(NC(=O)C(N)C(C)C)C(=O)NC(CC(N)=O)C(=O)NC(CCCN=C(N)N)C(=O)O. The van der Waals surface area contributed by atoms with E-state index in [1.165, 1.54) is 0 Å². The molecule has 0 spiro atoms. The molecule has 5 unspecified atom stereocenters. The number of carboxylic acid groups (broad SMARTS) is 1. The highest BCUT2D eigenvalue weighted by atomic mass is 16.4. The van der Waals surface area contributed by atoms with Crippen LogP contribution in [0.4, 0.5) is 0 Å². The van der Waals surface area contributed by atoms with Gasteiger partial charge in [-0.2, -0.15) is 0 Å². The summed E-state index contributed by atoms with van der Waals surface area (Å²) in [4.78, 5) is 65.1. The lowest BCUT2D eigenvalue weighted by molar-refractivity contribution is -0.142. The van der Waals surface area contributed by atoms with Gasteiger partial charge in [-0.25, -0.2) is 4.79 Å². The van der Waals surface area contributed by atoms with Gasteiger partial charge < -0.3 is 44.0 Å². The molecular formula is C21H40N8O6. The molecule has 0 aromatic rings. The second-order valence-electron chi connectivity index (χ2n) is 8.72. The summed E-state index contributed by atoms with van der Waals surface area (Å²) in [6, 6.07) is -4.68. The van der Waals surface area contributed by atoms with Crippen LogP contribution in [0.15, 0.2) is 4.99 Å². The van der Waals surface area contributed by atoms with E-state index in [0.29, 0.717) is 6.42 Å². The van der Waals surface area contributed by atoms with E-state index in [4.69, 9.17) is 22.9 Å². The Hall–Kier alpha value is -3.42. The molecule has 14 nitrogen and oxygen atoms in total. The highest BCUT2D eigenvalue weighted by Gasteiger charge is 2.33. The molecule has 0 fully saturated rings. The van der Waals surface area contributed by atoms with Crippen LogP contribution in [0.3, 0.4) is 0 Å². The summed E-state index contributed by atoms with van der Waals surface area (Å²) >= 11 is 0. The van der Waals surface area contributed by atoms with Crippen LogP contribution in [0.25, 0.3) is 0 Å². The van der Waals surface area contributed by atoms with Crippen LogP contribution < -0.4 is 38.9 Å². The molecule has 0 heterocycles. The molecule has 0 saturated carbocycles. The first-order valence-corrected chi connectivity index (χ1v) is 11.4. The van der Waals surface area contributed by atoms with Crippen LogP contribution in [-0.2, 0) is 24.0 Å². The first-order chi connectivity index (χ1) is 16.2. The van der Waals surface area contributed by atoms with Crippen LogP contribution >= 0.6 is 0 Å². The Balaban J connectivity index is 5.53. The fourth-order valence-corrected chi connectivity index (χ4v) is 2.96. The van der Waals surface area contributed by atoms with E-state index in [1.54, 1.807) is 20.8 Å². The van der Waals surface area contributed by atoms with Gasteiger partial charge in [-0.15, -0.1) is 0 Å². The minimum absolute atomic E-state index is 0.00622. The van der Waals surface area contributed by atoms with Crippen LogP contribution in [0.2, 0.25) is 0 Å². The van der Waals surface area contributed by atoms with Crippen molar-refractivity contribution in [1.29, 1.82) is 0 Å². The Morgan fingerprint density at radius 3 is 1.91 bits per heavy atom. The van der Waals surface area contributed by atoms with Crippen LogP contribution in [0.1, 0.15) is 53.4 Å². The van der Waals surface area contributed by atoms with Gasteiger partial charge in [0.1, 0.15) is 18.1 Å². The number of primary amides is 1. The van der Waals surface area contributed by atoms with Crippen LogP contribution in [0.5, 0.6) is 0 Å². The summed E-state index contributed by atoms with van der Waals surface area (Å²) in [5, 5.41) is 16.7. The Morgan fingerprint density at radius 1 is 0.886 bits per heavy atom. The van der Waals surface area contributed by atoms with Crippen molar-refractivity contribution in [1.82, 2.24) is 16.0 Å². The molecule has 0 aliphatic carbocycles. The Morgan fingerprint density at radius 2 is 1.46 bits per heavy atom. The molecule has 0 aromatic carbocycles. The number of carbonyl (C=O) groups excluding carboxylic acids is 4. The van der Waals surface area contributed by atoms with Crippen molar-refractivity contribution in [2.75, 3.05) is 6.54 Å². The van der Waals surface area contributed by atoms with Gasteiger partial charge in [-0.1, -0.05) is 34.1 Å². The van der Waals surface area contributed by atoms with Crippen molar-refractivity contribution in [3.8, 4) is 0 Å². The minimum Gasteiger partial charge on any atom is -0.480 e. The first kappa shape index (κ1) is 31.6. The maximum Gasteiger partial charge on any atom is 0.326 e. The first-order valence-electron chi connectivity index (χ1n) is 11.4. The fraction of sp³-hybridized carbons (Fsp3) is 0.714. The van der Waals surface area contributed by atoms with Gasteiger partial charge in [0.15, 0.2) is 5.96 Å². The van der Waals surface area contributed by atoms with Crippen molar-refractivity contribution >= 4 is 35.6 Å². The number of nitrogens with zero attached hydrogens (tertiary/aromatic N) is 1. The van der Waals surface area contributed by atoms with Crippen molar-refractivity contribution in [2.24, 2.45) is 39.8 Å². The number of hydrogen-bond acceptors (Lipinski definition) is 7. The lowest BCUT2D eigenvalue weighted by Gasteiger charge is -2.28. The van der Waals surface area contributed by atoms with E-state index in [0.717, 1.165) is 0 Å². The van der Waals surface area contributed by atoms with E-state index < -0.39 is 60.2 Å². The van der Waals surface area contributed by atoms with Crippen molar-refractivity contribution in [3.63, 3.8) is 0 Å². The average molecular weight is 501 g/mol. The summed E-state index contributed by atoms with van der Waals surface area (Å²) in [7, 11) is 0. The van der Waals surface area contributed by atoms with Gasteiger partial charge in [-0.3, -0.25) is 24.2 Å². The maximum absolute atomic E-state index is 13.0. The molecule has 4 amide bonds. The zero-order chi connectivity index (χ0) is 27.3. The van der Waals surface area contributed by atoms with Crippen LogP contribution in [0, 0.1) is 11.8 Å². The number of aliphatic carboxylic acids is 1. The molecular weight excluding hydrogens is 460 g/mol. The molecule has 0 aliphatic heterocycles. The standard InChI is InChI=1S/C21H40N8O6/c1-5-11(4)16(29-18(32)15(23)10(2)3)19(33)28-13(9-14(22)30)17(31)27-12(20(34)35)7-6-8-26-21(24)25/h10-13,15-16H,5-9,23H2,1-4H3,(H2,22,30)(H,27,31)(H,28,33)(H,29,32)(H,34,35)(H4,24,25,26). The van der Waals surface area contributed by atoms with Gasteiger partial charge >= 0.3 is 5.97 Å². The number of aliphatic imine (C=N–C) groups is 1. The number of amides is 4. The molecule has 0 saturated heterocycles. The van der Waals surface area contributed by atoms with Gasteiger partial charge in [0.25, 0.3) is 0 Å². The van der Waals surface area contributed by atoms with E-state index >= 15 is 0 Å². The molecule has 0 radical (unpaired) electrons. The van der Waals surface area contributed by atoms with Crippen LogP contribution in [-0.4, -0.2) is 71.4 Å². The number of nitrogens with two attached hydrogens (primary N) is 4. The van der Waals surface area contributed by atoms with Crippen molar-refractivity contribution in [2.45, 2.75) is 77.5 Å². The second-order valence-corrected chi connectivity index (χ2v) is 8.72. The van der Waals surface area contributed by atoms with E-state index in [9.17, 15) is 29.1 Å². The number of rotatable bonds is 16. The third-order valence-electron chi connectivity index (χ3n) is 5.41. The molecule has 200 valence electrons. The van der Waals surface area contributed by atoms with Crippen molar-refractivity contribution in [3.05, 3.63) is 0 Å². The predicted molar refractivity (Wildman–Crippen MR) is 129 cm³/mol. The maximum atomic E-state index is 13.0. The van der Waals surface area contributed by atoms with Gasteiger partial charge in [0.05, 0.1) is 12.5 Å². The Labute approximate surface area is 205 Å². The molecule has 35 heavy (non-hydrogen) atoms. The molecule has 0 aromatic heterocycles. The van der Waals surface area contributed by atoms with Gasteiger partial charge in [-0.05, 0) is 24.7 Å². The topological polar surface area (TPSA) is 258 Å². The Bertz CT molecular complexity index is 784. The number of carboxylic acids is 1. The fourth-order valence-electron chi connectivity index (χ4n) is 2.96. The molecule has 14 heteroatoms. The summed E-state index contributed by atoms with van der Waals surface area (Å²) in [5.74, 6) is -5.06. The zero-order valence-corrected chi connectivity index (χ0v) is 20.7. The highest BCUT2D eigenvalue weighted by molar-refractivity contribution is 5.96. The smallest absolute Gasteiger partial charge is 0.326 e.